The number of aromatic nitrogens is 2. The molecule has 1 N–H and O–H groups in total. The first-order chi connectivity index (χ1) is 10.3. The third-order valence-corrected chi connectivity index (χ3v) is 3.66. The highest BCUT2D eigenvalue weighted by atomic mass is 16.5. The van der Waals surface area contributed by atoms with Gasteiger partial charge in [0.05, 0.1) is 12.2 Å². The van der Waals surface area contributed by atoms with Crippen molar-refractivity contribution in [2.45, 2.75) is 38.4 Å². The second-order valence-corrected chi connectivity index (χ2v) is 5.75. The molecule has 0 radical (unpaired) electrons. The summed E-state index contributed by atoms with van der Waals surface area (Å²) in [6.07, 6.45) is 5.37. The maximum atomic E-state index is 5.39. The Morgan fingerprint density at radius 1 is 1.33 bits per heavy atom. The highest BCUT2D eigenvalue weighted by molar-refractivity contribution is 5.06. The van der Waals surface area contributed by atoms with Crippen LogP contribution >= 0.6 is 0 Å². The van der Waals surface area contributed by atoms with Gasteiger partial charge in [0.15, 0.2) is 5.76 Å². The lowest BCUT2D eigenvalue weighted by molar-refractivity contribution is 0.273. The molecule has 5 nitrogen and oxygen atoms in total. The minimum Gasteiger partial charge on any atom is -0.360 e. The minimum atomic E-state index is 0.700. The fourth-order valence-corrected chi connectivity index (χ4v) is 2.25. The zero-order valence-electron chi connectivity index (χ0n) is 12.5. The van der Waals surface area contributed by atoms with Gasteiger partial charge < -0.3 is 9.84 Å². The second-order valence-electron chi connectivity index (χ2n) is 5.75. The summed E-state index contributed by atoms with van der Waals surface area (Å²) >= 11 is 0. The van der Waals surface area contributed by atoms with E-state index in [1.165, 1.54) is 12.8 Å². The van der Waals surface area contributed by atoms with Crippen molar-refractivity contribution >= 4 is 0 Å². The zero-order valence-corrected chi connectivity index (χ0v) is 12.5. The van der Waals surface area contributed by atoms with Gasteiger partial charge in [0.1, 0.15) is 0 Å². The fourth-order valence-electron chi connectivity index (χ4n) is 2.25. The lowest BCUT2D eigenvalue weighted by atomic mass is 10.2. The van der Waals surface area contributed by atoms with Crippen LogP contribution in [0.1, 0.15) is 30.0 Å². The summed E-state index contributed by atoms with van der Waals surface area (Å²) < 4.78 is 5.39. The average Bonchev–Trinajstić information content (AvgIpc) is 3.24. The van der Waals surface area contributed by atoms with Crippen molar-refractivity contribution in [1.82, 2.24) is 20.4 Å². The predicted octanol–water partition coefficient (Wildman–Crippen LogP) is 2.00. The zero-order chi connectivity index (χ0) is 14.5. The van der Waals surface area contributed by atoms with E-state index < -0.39 is 0 Å². The molecule has 0 aromatic carbocycles. The normalized spacial score (nSPS) is 14.8. The standard InChI is InChI=1S/C16H22N4O/c1-20(9-7-13-4-2-3-8-17-13)12-16-10-15(19-21-16)11-18-14-5-6-14/h2-4,8,10,14,18H,5-7,9,11-12H2,1H3. The van der Waals surface area contributed by atoms with Gasteiger partial charge >= 0.3 is 0 Å². The number of rotatable bonds is 8. The monoisotopic (exact) mass is 286 g/mol. The molecule has 1 aliphatic carbocycles. The molecule has 112 valence electrons. The van der Waals surface area contributed by atoms with Crippen LogP contribution in [0.25, 0.3) is 0 Å². The van der Waals surface area contributed by atoms with Crippen LogP contribution in [-0.2, 0) is 19.5 Å². The topological polar surface area (TPSA) is 54.2 Å². The van der Waals surface area contributed by atoms with Gasteiger partial charge in [-0.3, -0.25) is 9.88 Å². The number of nitrogens with one attached hydrogen (secondary N) is 1. The van der Waals surface area contributed by atoms with Crippen molar-refractivity contribution in [2.24, 2.45) is 0 Å². The summed E-state index contributed by atoms with van der Waals surface area (Å²) in [6.45, 7) is 2.54. The third-order valence-electron chi connectivity index (χ3n) is 3.66. The Morgan fingerprint density at radius 3 is 3.00 bits per heavy atom. The van der Waals surface area contributed by atoms with E-state index in [-0.39, 0.29) is 0 Å². The van der Waals surface area contributed by atoms with E-state index in [2.05, 4.69) is 33.5 Å². The molecule has 5 heteroatoms. The Bertz CT molecular complexity index is 550. The molecule has 0 unspecified atom stereocenters. The maximum Gasteiger partial charge on any atom is 0.151 e. The lowest BCUT2D eigenvalue weighted by Gasteiger charge is -2.13. The summed E-state index contributed by atoms with van der Waals surface area (Å²) in [4.78, 5) is 6.57. The molecule has 21 heavy (non-hydrogen) atoms. The van der Waals surface area contributed by atoms with E-state index in [4.69, 9.17) is 4.52 Å². The Morgan fingerprint density at radius 2 is 2.24 bits per heavy atom. The van der Waals surface area contributed by atoms with Gasteiger partial charge in [-0.15, -0.1) is 0 Å². The number of pyridine rings is 1. The van der Waals surface area contributed by atoms with Gasteiger partial charge in [0.2, 0.25) is 0 Å². The Labute approximate surface area is 125 Å². The van der Waals surface area contributed by atoms with Crippen LogP contribution in [0.2, 0.25) is 0 Å². The summed E-state index contributed by atoms with van der Waals surface area (Å²) in [7, 11) is 2.09. The van der Waals surface area contributed by atoms with Crippen molar-refractivity contribution in [1.29, 1.82) is 0 Å². The van der Waals surface area contributed by atoms with E-state index >= 15 is 0 Å². The van der Waals surface area contributed by atoms with Gasteiger partial charge in [0.25, 0.3) is 0 Å². The average molecular weight is 286 g/mol. The third kappa shape index (κ3) is 4.65. The minimum absolute atomic E-state index is 0.700. The van der Waals surface area contributed by atoms with Crippen LogP contribution in [0.15, 0.2) is 35.0 Å². The molecule has 2 aromatic heterocycles. The highest BCUT2D eigenvalue weighted by Crippen LogP contribution is 2.19. The van der Waals surface area contributed by atoms with Gasteiger partial charge in [-0.25, -0.2) is 0 Å². The van der Waals surface area contributed by atoms with E-state index in [1.807, 2.05) is 24.4 Å². The number of hydrogen-bond donors (Lipinski definition) is 1. The largest absolute Gasteiger partial charge is 0.360 e. The first kappa shape index (κ1) is 14.2. The molecule has 1 aliphatic rings. The summed E-state index contributed by atoms with van der Waals surface area (Å²) in [5.74, 6) is 0.922. The molecular formula is C16H22N4O. The van der Waals surface area contributed by atoms with Crippen LogP contribution in [0, 0.1) is 0 Å². The molecule has 0 bridgehead atoms. The number of likely N-dealkylation sites (N-methyl/N-ethyl adjacent to an activating group) is 1. The van der Waals surface area contributed by atoms with Gasteiger partial charge in [-0.05, 0) is 32.0 Å². The molecule has 0 aliphatic heterocycles. The van der Waals surface area contributed by atoms with E-state index in [0.717, 1.165) is 43.2 Å². The molecular weight excluding hydrogens is 264 g/mol. The lowest BCUT2D eigenvalue weighted by Crippen LogP contribution is -2.20. The van der Waals surface area contributed by atoms with Crippen molar-refractivity contribution in [2.75, 3.05) is 13.6 Å². The molecule has 0 saturated heterocycles. The van der Waals surface area contributed by atoms with Crippen LogP contribution in [0.3, 0.4) is 0 Å². The van der Waals surface area contributed by atoms with E-state index in [0.29, 0.717) is 6.04 Å². The summed E-state index contributed by atoms with van der Waals surface area (Å²) in [5, 5.41) is 7.55. The van der Waals surface area contributed by atoms with Crippen LogP contribution in [0.5, 0.6) is 0 Å². The quantitative estimate of drug-likeness (QED) is 0.804. The summed E-state index contributed by atoms with van der Waals surface area (Å²) in [5.41, 5.74) is 2.12. The predicted molar refractivity (Wildman–Crippen MR) is 80.6 cm³/mol. The molecule has 3 rings (SSSR count). The van der Waals surface area contributed by atoms with Crippen molar-refractivity contribution in [3.8, 4) is 0 Å². The Balaban J connectivity index is 1.42. The van der Waals surface area contributed by atoms with Gasteiger partial charge in [0, 0.05) is 43.5 Å². The van der Waals surface area contributed by atoms with Gasteiger partial charge in [-0.1, -0.05) is 11.2 Å². The molecule has 0 amide bonds. The molecule has 0 atom stereocenters. The maximum absolute atomic E-state index is 5.39. The smallest absolute Gasteiger partial charge is 0.151 e. The van der Waals surface area contributed by atoms with Crippen molar-refractivity contribution in [3.63, 3.8) is 0 Å². The second kappa shape index (κ2) is 6.83. The molecule has 1 fully saturated rings. The Kier molecular flexibility index (Phi) is 4.62. The molecule has 0 spiro atoms. The molecule has 2 heterocycles. The van der Waals surface area contributed by atoms with Crippen LogP contribution in [0.4, 0.5) is 0 Å². The van der Waals surface area contributed by atoms with Crippen LogP contribution < -0.4 is 5.32 Å². The SMILES string of the molecule is CN(CCc1ccccn1)Cc1cc(CNC2CC2)no1. The molecule has 2 aromatic rings. The van der Waals surface area contributed by atoms with Crippen molar-refractivity contribution in [3.05, 3.63) is 47.6 Å². The van der Waals surface area contributed by atoms with E-state index in [9.17, 15) is 0 Å². The van der Waals surface area contributed by atoms with Crippen LogP contribution in [-0.4, -0.2) is 34.7 Å². The van der Waals surface area contributed by atoms with E-state index in [1.54, 1.807) is 0 Å². The van der Waals surface area contributed by atoms with Crippen molar-refractivity contribution < 1.29 is 4.52 Å². The number of hydrogen-bond acceptors (Lipinski definition) is 5. The van der Waals surface area contributed by atoms with Gasteiger partial charge in [-0.2, -0.15) is 0 Å². The Hall–Kier alpha value is -1.72. The first-order valence-corrected chi connectivity index (χ1v) is 7.56. The number of nitrogens with zero attached hydrogens (tertiary/aromatic N) is 3. The fraction of sp³-hybridized carbons (Fsp3) is 0.500. The first-order valence-electron chi connectivity index (χ1n) is 7.56. The molecule has 1 saturated carbocycles. The highest BCUT2D eigenvalue weighted by Gasteiger charge is 2.20. The summed E-state index contributed by atoms with van der Waals surface area (Å²) in [6, 6.07) is 8.78.